The van der Waals surface area contributed by atoms with Gasteiger partial charge in [0.1, 0.15) is 0 Å². The Morgan fingerprint density at radius 1 is 1.26 bits per heavy atom. The molecule has 1 fully saturated rings. The van der Waals surface area contributed by atoms with E-state index in [4.69, 9.17) is 0 Å². The SMILES string of the molecule is CCCC(O)c1cccc(SCC2CCCCC2)c1. The van der Waals surface area contributed by atoms with Gasteiger partial charge in [-0.3, -0.25) is 0 Å². The maximum absolute atomic E-state index is 10.1. The first-order chi connectivity index (χ1) is 9.29. The van der Waals surface area contributed by atoms with E-state index in [0.29, 0.717) is 0 Å². The number of aliphatic hydroxyl groups is 1. The van der Waals surface area contributed by atoms with Gasteiger partial charge in [-0.2, -0.15) is 0 Å². The second kappa shape index (κ2) is 7.96. The quantitative estimate of drug-likeness (QED) is 0.722. The van der Waals surface area contributed by atoms with E-state index in [1.54, 1.807) is 0 Å². The van der Waals surface area contributed by atoms with Crippen LogP contribution in [0.25, 0.3) is 0 Å². The lowest BCUT2D eigenvalue weighted by atomic mass is 9.91. The Morgan fingerprint density at radius 2 is 2.05 bits per heavy atom. The van der Waals surface area contributed by atoms with Crippen molar-refractivity contribution < 1.29 is 5.11 Å². The zero-order valence-corrected chi connectivity index (χ0v) is 12.8. The Balaban J connectivity index is 1.87. The van der Waals surface area contributed by atoms with Gasteiger partial charge in [-0.05, 0) is 42.9 Å². The Hall–Kier alpha value is -0.470. The van der Waals surface area contributed by atoms with Crippen molar-refractivity contribution in [3.8, 4) is 0 Å². The fourth-order valence-corrected chi connectivity index (χ4v) is 3.98. The van der Waals surface area contributed by atoms with Crippen LogP contribution < -0.4 is 0 Å². The van der Waals surface area contributed by atoms with E-state index in [9.17, 15) is 5.11 Å². The van der Waals surface area contributed by atoms with Gasteiger partial charge in [0, 0.05) is 10.6 Å². The normalized spacial score (nSPS) is 18.4. The van der Waals surface area contributed by atoms with Crippen molar-refractivity contribution in [2.45, 2.75) is 62.9 Å². The number of rotatable bonds is 6. The van der Waals surface area contributed by atoms with Crippen molar-refractivity contribution in [3.05, 3.63) is 29.8 Å². The molecule has 106 valence electrons. The Kier molecular flexibility index (Phi) is 6.25. The molecule has 19 heavy (non-hydrogen) atoms. The van der Waals surface area contributed by atoms with Gasteiger partial charge in [-0.25, -0.2) is 0 Å². The van der Waals surface area contributed by atoms with Gasteiger partial charge in [-0.1, -0.05) is 44.7 Å². The maximum atomic E-state index is 10.1. The van der Waals surface area contributed by atoms with Crippen LogP contribution in [0.1, 0.15) is 63.5 Å². The van der Waals surface area contributed by atoms with Crippen LogP contribution in [0.5, 0.6) is 0 Å². The van der Waals surface area contributed by atoms with Gasteiger partial charge in [0.15, 0.2) is 0 Å². The number of hydrogen-bond donors (Lipinski definition) is 1. The third-order valence-corrected chi connectivity index (χ3v) is 5.24. The van der Waals surface area contributed by atoms with E-state index >= 15 is 0 Å². The van der Waals surface area contributed by atoms with Crippen LogP contribution in [-0.2, 0) is 0 Å². The summed E-state index contributed by atoms with van der Waals surface area (Å²) in [5.74, 6) is 2.15. The van der Waals surface area contributed by atoms with Gasteiger partial charge in [0.05, 0.1) is 6.10 Å². The summed E-state index contributed by atoms with van der Waals surface area (Å²) in [4.78, 5) is 1.32. The van der Waals surface area contributed by atoms with Crippen LogP contribution in [0.2, 0.25) is 0 Å². The molecule has 1 nitrogen and oxygen atoms in total. The second-order valence-corrected chi connectivity index (χ2v) is 6.79. The van der Waals surface area contributed by atoms with Gasteiger partial charge >= 0.3 is 0 Å². The Morgan fingerprint density at radius 3 is 2.79 bits per heavy atom. The first-order valence-electron chi connectivity index (χ1n) is 7.70. The zero-order chi connectivity index (χ0) is 13.5. The average Bonchev–Trinajstić information content (AvgIpc) is 2.47. The predicted molar refractivity (Wildman–Crippen MR) is 83.6 cm³/mol. The minimum atomic E-state index is -0.291. The molecular weight excluding hydrogens is 252 g/mol. The largest absolute Gasteiger partial charge is 0.388 e. The zero-order valence-electron chi connectivity index (χ0n) is 12.0. The van der Waals surface area contributed by atoms with Crippen molar-refractivity contribution in [1.29, 1.82) is 0 Å². The number of thioether (sulfide) groups is 1. The fraction of sp³-hybridized carbons (Fsp3) is 0.647. The number of hydrogen-bond acceptors (Lipinski definition) is 2. The molecule has 1 unspecified atom stereocenters. The van der Waals surface area contributed by atoms with E-state index in [0.717, 1.165) is 24.3 Å². The summed E-state index contributed by atoms with van der Waals surface area (Å²) in [6, 6.07) is 8.48. The molecule has 0 heterocycles. The van der Waals surface area contributed by atoms with E-state index in [2.05, 4.69) is 25.1 Å². The van der Waals surface area contributed by atoms with Crippen molar-refractivity contribution in [1.82, 2.24) is 0 Å². The lowest BCUT2D eigenvalue weighted by molar-refractivity contribution is 0.166. The van der Waals surface area contributed by atoms with Crippen LogP contribution in [-0.4, -0.2) is 10.9 Å². The monoisotopic (exact) mass is 278 g/mol. The highest BCUT2D eigenvalue weighted by molar-refractivity contribution is 7.99. The molecule has 0 radical (unpaired) electrons. The summed E-state index contributed by atoms with van der Waals surface area (Å²) in [6.07, 6.45) is 8.68. The Labute approximate surface area is 121 Å². The van der Waals surface area contributed by atoms with E-state index in [-0.39, 0.29) is 6.10 Å². The summed E-state index contributed by atoms with van der Waals surface area (Å²) in [6.45, 7) is 2.12. The van der Waals surface area contributed by atoms with Gasteiger partial charge in [0.2, 0.25) is 0 Å². The minimum absolute atomic E-state index is 0.291. The molecule has 0 aliphatic heterocycles. The molecule has 0 aromatic heterocycles. The highest BCUT2D eigenvalue weighted by Crippen LogP contribution is 2.31. The van der Waals surface area contributed by atoms with Crippen LogP contribution in [0.4, 0.5) is 0 Å². The third kappa shape index (κ3) is 4.85. The van der Waals surface area contributed by atoms with Crippen LogP contribution >= 0.6 is 11.8 Å². The third-order valence-electron chi connectivity index (χ3n) is 4.02. The molecular formula is C17H26OS. The lowest BCUT2D eigenvalue weighted by Crippen LogP contribution is -2.08. The van der Waals surface area contributed by atoms with Crippen LogP contribution in [0.3, 0.4) is 0 Å². The molecule has 0 saturated heterocycles. The standard InChI is InChI=1S/C17H26OS/c1-2-7-17(18)15-10-6-11-16(12-15)19-13-14-8-4-3-5-9-14/h6,10-12,14,17-18H,2-5,7-9,13H2,1H3. The highest BCUT2D eigenvalue weighted by Gasteiger charge is 2.14. The summed E-state index contributed by atoms with van der Waals surface area (Å²) in [5.41, 5.74) is 1.08. The average molecular weight is 278 g/mol. The molecule has 0 spiro atoms. The predicted octanol–water partition coefficient (Wildman–Crippen LogP) is 5.19. The van der Waals surface area contributed by atoms with E-state index in [1.807, 2.05) is 17.8 Å². The van der Waals surface area contributed by atoms with Crippen molar-refractivity contribution >= 4 is 11.8 Å². The molecule has 1 aliphatic carbocycles. The molecule has 1 N–H and O–H groups in total. The first kappa shape index (κ1) is 14.9. The van der Waals surface area contributed by atoms with Crippen molar-refractivity contribution in [3.63, 3.8) is 0 Å². The first-order valence-corrected chi connectivity index (χ1v) is 8.69. The molecule has 2 rings (SSSR count). The maximum Gasteiger partial charge on any atom is 0.0790 e. The molecule has 1 aromatic carbocycles. The van der Waals surface area contributed by atoms with Gasteiger partial charge in [-0.15, -0.1) is 11.8 Å². The number of aliphatic hydroxyl groups excluding tert-OH is 1. The summed E-state index contributed by atoms with van der Waals surface area (Å²) < 4.78 is 0. The molecule has 0 amide bonds. The fourth-order valence-electron chi connectivity index (χ4n) is 2.82. The van der Waals surface area contributed by atoms with Crippen molar-refractivity contribution in [2.24, 2.45) is 5.92 Å². The molecule has 0 bridgehead atoms. The molecule has 1 aromatic rings. The van der Waals surface area contributed by atoms with Crippen molar-refractivity contribution in [2.75, 3.05) is 5.75 Å². The van der Waals surface area contributed by atoms with Crippen LogP contribution in [0, 0.1) is 5.92 Å². The molecule has 1 aliphatic rings. The highest BCUT2D eigenvalue weighted by atomic mass is 32.2. The smallest absolute Gasteiger partial charge is 0.0790 e. The molecule has 2 heteroatoms. The van der Waals surface area contributed by atoms with Gasteiger partial charge < -0.3 is 5.11 Å². The topological polar surface area (TPSA) is 20.2 Å². The van der Waals surface area contributed by atoms with E-state index in [1.165, 1.54) is 42.8 Å². The summed E-state index contributed by atoms with van der Waals surface area (Å²) >= 11 is 1.97. The van der Waals surface area contributed by atoms with E-state index < -0.39 is 0 Å². The summed E-state index contributed by atoms with van der Waals surface area (Å²) in [5, 5.41) is 10.1. The van der Waals surface area contributed by atoms with Crippen LogP contribution in [0.15, 0.2) is 29.2 Å². The summed E-state index contributed by atoms with van der Waals surface area (Å²) in [7, 11) is 0. The molecule has 1 saturated carbocycles. The minimum Gasteiger partial charge on any atom is -0.388 e. The van der Waals surface area contributed by atoms with Gasteiger partial charge in [0.25, 0.3) is 0 Å². The lowest BCUT2D eigenvalue weighted by Gasteiger charge is -2.21. The second-order valence-electron chi connectivity index (χ2n) is 5.69. The Bertz CT molecular complexity index is 371. The molecule has 1 atom stereocenters. The number of benzene rings is 1.